The first-order chi connectivity index (χ1) is 8.08. The molecule has 17 heavy (non-hydrogen) atoms. The number of rotatable bonds is 3. The minimum atomic E-state index is -0.800. The fourth-order valence-electron chi connectivity index (χ4n) is 1.91. The van der Waals surface area contributed by atoms with Crippen molar-refractivity contribution in [3.8, 4) is 11.5 Å². The summed E-state index contributed by atoms with van der Waals surface area (Å²) in [6.07, 6.45) is -0.276. The van der Waals surface area contributed by atoms with Crippen molar-refractivity contribution in [1.29, 1.82) is 0 Å². The maximum Gasteiger partial charge on any atom is 0.164 e. The molecule has 0 spiro atoms. The lowest BCUT2D eigenvalue weighted by Crippen LogP contribution is -2.16. The first-order valence-electron chi connectivity index (χ1n) is 5.85. The van der Waals surface area contributed by atoms with Crippen molar-refractivity contribution in [3.05, 3.63) is 23.5 Å². The predicted molar refractivity (Wildman–Crippen MR) is 61.8 cm³/mol. The normalized spacial score (nSPS) is 16.1. The molecular weight excluding hydrogens is 223 g/mol. The monoisotopic (exact) mass is 240 g/mol. The van der Waals surface area contributed by atoms with E-state index in [0.29, 0.717) is 37.1 Å². The molecular formula is C13H17FO3. The van der Waals surface area contributed by atoms with Crippen molar-refractivity contribution in [3.63, 3.8) is 0 Å². The van der Waals surface area contributed by atoms with Gasteiger partial charge in [0.2, 0.25) is 0 Å². The molecule has 0 amide bonds. The molecule has 0 bridgehead atoms. The van der Waals surface area contributed by atoms with E-state index in [1.807, 2.05) is 13.8 Å². The molecule has 1 unspecified atom stereocenters. The summed E-state index contributed by atoms with van der Waals surface area (Å²) in [5.74, 6) is 0.782. The first kappa shape index (κ1) is 12.2. The Morgan fingerprint density at radius 1 is 1.24 bits per heavy atom. The fraction of sp³-hybridized carbons (Fsp3) is 0.538. The van der Waals surface area contributed by atoms with Gasteiger partial charge < -0.3 is 14.6 Å². The van der Waals surface area contributed by atoms with E-state index in [2.05, 4.69) is 0 Å². The predicted octanol–water partition coefficient (Wildman–Crippen LogP) is 2.68. The average Bonchev–Trinajstić information content (AvgIpc) is 2.27. The number of benzene rings is 1. The number of aliphatic hydroxyl groups is 1. The molecule has 0 radical (unpaired) electrons. The van der Waals surface area contributed by atoms with Crippen LogP contribution in [0.4, 0.5) is 4.39 Å². The van der Waals surface area contributed by atoms with Crippen LogP contribution in [0.3, 0.4) is 0 Å². The van der Waals surface area contributed by atoms with Crippen LogP contribution in [0.25, 0.3) is 0 Å². The molecule has 0 saturated heterocycles. The van der Waals surface area contributed by atoms with Crippen molar-refractivity contribution >= 4 is 0 Å². The summed E-state index contributed by atoms with van der Waals surface area (Å²) in [5.41, 5.74) is 0.281. The SMILES string of the molecule is CC(C)CC(O)c1cc2c(cc1F)OCCO2. The molecule has 0 aliphatic carbocycles. The van der Waals surface area contributed by atoms with Gasteiger partial charge in [-0.3, -0.25) is 0 Å². The molecule has 1 aliphatic rings. The van der Waals surface area contributed by atoms with Crippen molar-refractivity contribution < 1.29 is 19.0 Å². The van der Waals surface area contributed by atoms with Crippen LogP contribution in [-0.2, 0) is 0 Å². The van der Waals surface area contributed by atoms with Crippen LogP contribution < -0.4 is 9.47 Å². The minimum Gasteiger partial charge on any atom is -0.486 e. The third kappa shape index (κ3) is 2.69. The lowest BCUT2D eigenvalue weighted by molar-refractivity contribution is 0.142. The first-order valence-corrected chi connectivity index (χ1v) is 5.85. The Kier molecular flexibility index (Phi) is 3.52. The largest absolute Gasteiger partial charge is 0.486 e. The van der Waals surface area contributed by atoms with Gasteiger partial charge >= 0.3 is 0 Å². The second-order valence-corrected chi connectivity index (χ2v) is 4.66. The molecule has 0 aromatic heterocycles. The summed E-state index contributed by atoms with van der Waals surface area (Å²) in [5, 5.41) is 9.94. The van der Waals surface area contributed by atoms with Gasteiger partial charge in [0.05, 0.1) is 6.10 Å². The van der Waals surface area contributed by atoms with Gasteiger partial charge in [-0.2, -0.15) is 0 Å². The van der Waals surface area contributed by atoms with Crippen LogP contribution in [0.2, 0.25) is 0 Å². The molecule has 1 atom stereocenters. The zero-order valence-electron chi connectivity index (χ0n) is 10.1. The van der Waals surface area contributed by atoms with Gasteiger partial charge in [0.1, 0.15) is 19.0 Å². The van der Waals surface area contributed by atoms with Crippen LogP contribution in [-0.4, -0.2) is 18.3 Å². The Morgan fingerprint density at radius 2 is 1.82 bits per heavy atom. The smallest absolute Gasteiger partial charge is 0.164 e. The average molecular weight is 240 g/mol. The molecule has 0 saturated carbocycles. The summed E-state index contributed by atoms with van der Waals surface area (Å²) in [7, 11) is 0. The Bertz CT molecular complexity index is 404. The van der Waals surface area contributed by atoms with E-state index < -0.39 is 11.9 Å². The lowest BCUT2D eigenvalue weighted by atomic mass is 9.99. The second kappa shape index (κ2) is 4.92. The third-order valence-corrected chi connectivity index (χ3v) is 2.72. The Morgan fingerprint density at radius 3 is 2.41 bits per heavy atom. The van der Waals surface area contributed by atoms with Crippen molar-refractivity contribution in [2.24, 2.45) is 5.92 Å². The van der Waals surface area contributed by atoms with Gasteiger partial charge in [0.15, 0.2) is 11.5 Å². The number of ether oxygens (including phenoxy) is 2. The highest BCUT2D eigenvalue weighted by Crippen LogP contribution is 2.36. The van der Waals surface area contributed by atoms with Crippen LogP contribution >= 0.6 is 0 Å². The third-order valence-electron chi connectivity index (χ3n) is 2.72. The van der Waals surface area contributed by atoms with E-state index in [9.17, 15) is 9.50 Å². The van der Waals surface area contributed by atoms with E-state index in [1.165, 1.54) is 12.1 Å². The zero-order chi connectivity index (χ0) is 12.4. The van der Waals surface area contributed by atoms with Crippen molar-refractivity contribution in [2.75, 3.05) is 13.2 Å². The Labute approximate surface area is 100 Å². The molecule has 2 rings (SSSR count). The maximum atomic E-state index is 13.8. The topological polar surface area (TPSA) is 38.7 Å². The number of aliphatic hydroxyl groups excluding tert-OH is 1. The van der Waals surface area contributed by atoms with Gasteiger partial charge in [-0.1, -0.05) is 13.8 Å². The maximum absolute atomic E-state index is 13.8. The van der Waals surface area contributed by atoms with E-state index >= 15 is 0 Å². The summed E-state index contributed by atoms with van der Waals surface area (Å²) in [6, 6.07) is 2.82. The van der Waals surface area contributed by atoms with E-state index in [-0.39, 0.29) is 5.56 Å². The van der Waals surface area contributed by atoms with E-state index in [1.54, 1.807) is 0 Å². The second-order valence-electron chi connectivity index (χ2n) is 4.66. The molecule has 94 valence electrons. The van der Waals surface area contributed by atoms with Crippen LogP contribution in [0.1, 0.15) is 31.9 Å². The number of hydrogen-bond acceptors (Lipinski definition) is 3. The molecule has 1 aliphatic heterocycles. The Balaban J connectivity index is 2.28. The highest BCUT2D eigenvalue weighted by atomic mass is 19.1. The quantitative estimate of drug-likeness (QED) is 0.882. The van der Waals surface area contributed by atoms with Gasteiger partial charge in [0, 0.05) is 11.6 Å². The van der Waals surface area contributed by atoms with Gasteiger partial charge in [-0.25, -0.2) is 4.39 Å². The van der Waals surface area contributed by atoms with Crippen molar-refractivity contribution in [1.82, 2.24) is 0 Å². The molecule has 0 fully saturated rings. The minimum absolute atomic E-state index is 0.281. The highest BCUT2D eigenvalue weighted by Gasteiger charge is 2.20. The van der Waals surface area contributed by atoms with E-state index in [0.717, 1.165) is 0 Å². The van der Waals surface area contributed by atoms with E-state index in [4.69, 9.17) is 9.47 Å². The van der Waals surface area contributed by atoms with Gasteiger partial charge in [-0.15, -0.1) is 0 Å². The molecule has 1 aromatic rings. The number of halogens is 1. The number of hydrogen-bond donors (Lipinski definition) is 1. The summed E-state index contributed by atoms with van der Waals surface area (Å²) < 4.78 is 24.4. The Hall–Kier alpha value is -1.29. The summed E-state index contributed by atoms with van der Waals surface area (Å²) in [4.78, 5) is 0. The highest BCUT2D eigenvalue weighted by molar-refractivity contribution is 5.45. The summed E-state index contributed by atoms with van der Waals surface area (Å²) >= 11 is 0. The lowest BCUT2D eigenvalue weighted by Gasteiger charge is -2.21. The van der Waals surface area contributed by atoms with Crippen LogP contribution in [0.5, 0.6) is 11.5 Å². The fourth-order valence-corrected chi connectivity index (χ4v) is 1.91. The standard InChI is InChI=1S/C13H17FO3/c1-8(2)5-11(15)9-6-12-13(7-10(9)14)17-4-3-16-12/h6-8,11,15H,3-5H2,1-2H3. The molecule has 4 heteroatoms. The molecule has 3 nitrogen and oxygen atoms in total. The van der Waals surface area contributed by atoms with Gasteiger partial charge in [0.25, 0.3) is 0 Å². The van der Waals surface area contributed by atoms with Crippen LogP contribution in [0, 0.1) is 11.7 Å². The number of fused-ring (bicyclic) bond motifs is 1. The molecule has 1 N–H and O–H groups in total. The van der Waals surface area contributed by atoms with Crippen molar-refractivity contribution in [2.45, 2.75) is 26.4 Å². The molecule has 1 heterocycles. The summed E-state index contributed by atoms with van der Waals surface area (Å²) in [6.45, 7) is 4.86. The molecule has 1 aromatic carbocycles. The van der Waals surface area contributed by atoms with Crippen LogP contribution in [0.15, 0.2) is 12.1 Å². The van der Waals surface area contributed by atoms with Gasteiger partial charge in [-0.05, 0) is 18.4 Å². The zero-order valence-corrected chi connectivity index (χ0v) is 10.1.